The predicted molar refractivity (Wildman–Crippen MR) is 69.9 cm³/mol. The van der Waals surface area contributed by atoms with Crippen LogP contribution in [0, 0.1) is 5.41 Å². The summed E-state index contributed by atoms with van der Waals surface area (Å²) in [5.74, 6) is 0. The fourth-order valence-corrected chi connectivity index (χ4v) is 1.19. The smallest absolute Gasteiger partial charge is 0.00664 e. The first-order valence-corrected chi connectivity index (χ1v) is 6.17. The molecule has 0 aromatic heterocycles. The van der Waals surface area contributed by atoms with Crippen molar-refractivity contribution in [1.82, 2.24) is 5.32 Å². The first-order chi connectivity index (χ1) is 6.49. The Hall–Kier alpha value is -0.0400. The second kappa shape index (κ2) is 13.0. The average Bonchev–Trinajstić information content (AvgIpc) is 2.19. The highest BCUT2D eigenvalue weighted by Gasteiger charge is 2.15. The summed E-state index contributed by atoms with van der Waals surface area (Å²) in [5, 5.41) is 3.31. The Kier molecular flexibility index (Phi) is 18.1. The summed E-state index contributed by atoms with van der Waals surface area (Å²) >= 11 is 0. The van der Waals surface area contributed by atoms with E-state index in [0.29, 0.717) is 11.5 Å². The van der Waals surface area contributed by atoms with Gasteiger partial charge in [0.2, 0.25) is 0 Å². The predicted octanol–water partition coefficient (Wildman–Crippen LogP) is 4.47. The second-order valence-corrected chi connectivity index (χ2v) is 4.16. The lowest BCUT2D eigenvalue weighted by Crippen LogP contribution is -2.29. The summed E-state index contributed by atoms with van der Waals surface area (Å²) in [5.41, 5.74) is 0.462. The molecule has 0 fully saturated rings. The Balaban J connectivity index is -0.000000266. The molecule has 0 aliphatic rings. The molecular formula is C13H33N. The van der Waals surface area contributed by atoms with Gasteiger partial charge in [-0.15, -0.1) is 0 Å². The topological polar surface area (TPSA) is 12.0 Å². The Bertz CT molecular complexity index is 77.7. The van der Waals surface area contributed by atoms with E-state index in [1.165, 1.54) is 12.8 Å². The van der Waals surface area contributed by atoms with Gasteiger partial charge in [-0.25, -0.2) is 0 Å². The van der Waals surface area contributed by atoms with Crippen molar-refractivity contribution in [2.75, 3.05) is 7.05 Å². The number of nitrogens with one attached hydrogen (secondary N) is 1. The molecule has 90 valence electrons. The van der Waals surface area contributed by atoms with Gasteiger partial charge in [0, 0.05) is 6.04 Å². The van der Waals surface area contributed by atoms with Gasteiger partial charge in [-0.05, 0) is 25.3 Å². The van der Waals surface area contributed by atoms with Crippen LogP contribution in [0.4, 0.5) is 0 Å². The lowest BCUT2D eigenvalue weighted by molar-refractivity contribution is 0.312. The molecule has 14 heavy (non-hydrogen) atoms. The molecule has 0 aromatic carbocycles. The molecule has 0 bridgehead atoms. The maximum absolute atomic E-state index is 3.31. The Morgan fingerprint density at radius 2 is 1.36 bits per heavy atom. The van der Waals surface area contributed by atoms with Crippen molar-refractivity contribution < 1.29 is 0 Å². The van der Waals surface area contributed by atoms with Gasteiger partial charge in [-0.1, -0.05) is 55.4 Å². The molecule has 0 saturated carbocycles. The van der Waals surface area contributed by atoms with Crippen LogP contribution in [-0.2, 0) is 0 Å². The van der Waals surface area contributed by atoms with Crippen LogP contribution >= 0.6 is 0 Å². The molecule has 1 atom stereocenters. The zero-order valence-electron chi connectivity index (χ0n) is 12.0. The summed E-state index contributed by atoms with van der Waals surface area (Å²) in [6.45, 7) is 17.1. The van der Waals surface area contributed by atoms with E-state index < -0.39 is 0 Å². The van der Waals surface area contributed by atoms with Crippen LogP contribution < -0.4 is 5.32 Å². The third-order valence-electron chi connectivity index (χ3n) is 1.76. The summed E-state index contributed by atoms with van der Waals surface area (Å²) < 4.78 is 0. The summed E-state index contributed by atoms with van der Waals surface area (Å²) in [6, 6.07) is 0.694. The van der Waals surface area contributed by atoms with E-state index in [1.54, 1.807) is 0 Å². The molecule has 0 spiro atoms. The fraction of sp³-hybridized carbons (Fsp3) is 1.00. The normalized spacial score (nSPS) is 11.8. The largest absolute Gasteiger partial charge is 0.317 e. The first kappa shape index (κ1) is 19.5. The Morgan fingerprint density at radius 3 is 1.43 bits per heavy atom. The SMILES string of the molecule is CC.CC.CCC(CC(C)(C)C)NC. The monoisotopic (exact) mass is 203 g/mol. The third-order valence-corrected chi connectivity index (χ3v) is 1.76. The molecule has 1 N–H and O–H groups in total. The number of hydrogen-bond acceptors (Lipinski definition) is 1. The van der Waals surface area contributed by atoms with Crippen molar-refractivity contribution in [3.05, 3.63) is 0 Å². The van der Waals surface area contributed by atoms with E-state index in [0.717, 1.165) is 0 Å². The van der Waals surface area contributed by atoms with Crippen LogP contribution in [0.1, 0.15) is 68.2 Å². The van der Waals surface area contributed by atoms with Crippen LogP contribution in [0.25, 0.3) is 0 Å². The molecule has 1 nitrogen and oxygen atoms in total. The van der Waals surface area contributed by atoms with Crippen molar-refractivity contribution in [3.8, 4) is 0 Å². The number of rotatable bonds is 3. The van der Waals surface area contributed by atoms with Gasteiger partial charge in [-0.2, -0.15) is 0 Å². The summed E-state index contributed by atoms with van der Waals surface area (Å²) in [7, 11) is 2.04. The highest BCUT2D eigenvalue weighted by Crippen LogP contribution is 2.21. The van der Waals surface area contributed by atoms with Crippen LogP contribution in [0.2, 0.25) is 0 Å². The highest BCUT2D eigenvalue weighted by atomic mass is 14.9. The molecule has 0 amide bonds. The minimum atomic E-state index is 0.462. The van der Waals surface area contributed by atoms with Gasteiger partial charge in [0.15, 0.2) is 0 Å². The lowest BCUT2D eigenvalue weighted by Gasteiger charge is -2.24. The maximum Gasteiger partial charge on any atom is 0.00664 e. The van der Waals surface area contributed by atoms with Crippen molar-refractivity contribution in [2.24, 2.45) is 5.41 Å². The van der Waals surface area contributed by atoms with Crippen molar-refractivity contribution in [1.29, 1.82) is 0 Å². The van der Waals surface area contributed by atoms with E-state index in [9.17, 15) is 0 Å². The van der Waals surface area contributed by atoms with Crippen molar-refractivity contribution >= 4 is 0 Å². The molecule has 1 unspecified atom stereocenters. The van der Waals surface area contributed by atoms with Crippen LogP contribution in [0.5, 0.6) is 0 Å². The third kappa shape index (κ3) is 17.9. The number of hydrogen-bond donors (Lipinski definition) is 1. The standard InChI is InChI=1S/C9H21N.2C2H6/c1-6-8(10-5)7-9(2,3)4;2*1-2/h8,10H,6-7H2,1-5H3;2*1-2H3. The van der Waals surface area contributed by atoms with Gasteiger partial charge in [0.1, 0.15) is 0 Å². The first-order valence-electron chi connectivity index (χ1n) is 6.17. The molecular weight excluding hydrogens is 170 g/mol. The summed E-state index contributed by atoms with van der Waals surface area (Å²) in [6.07, 6.45) is 2.49. The van der Waals surface area contributed by atoms with E-state index >= 15 is 0 Å². The van der Waals surface area contributed by atoms with Crippen molar-refractivity contribution in [3.63, 3.8) is 0 Å². The van der Waals surface area contributed by atoms with Crippen LogP contribution in [-0.4, -0.2) is 13.1 Å². The van der Waals surface area contributed by atoms with E-state index in [2.05, 4.69) is 33.0 Å². The highest BCUT2D eigenvalue weighted by molar-refractivity contribution is 4.71. The quantitative estimate of drug-likeness (QED) is 0.713. The van der Waals surface area contributed by atoms with E-state index in [-0.39, 0.29) is 0 Å². The molecule has 0 heterocycles. The van der Waals surface area contributed by atoms with Crippen LogP contribution in [0.15, 0.2) is 0 Å². The average molecular weight is 203 g/mol. The molecule has 0 rings (SSSR count). The van der Waals surface area contributed by atoms with Crippen LogP contribution in [0.3, 0.4) is 0 Å². The van der Waals surface area contributed by atoms with Crippen molar-refractivity contribution in [2.45, 2.75) is 74.3 Å². The van der Waals surface area contributed by atoms with Gasteiger partial charge >= 0.3 is 0 Å². The van der Waals surface area contributed by atoms with Gasteiger partial charge < -0.3 is 5.32 Å². The zero-order valence-corrected chi connectivity index (χ0v) is 12.0. The van der Waals surface area contributed by atoms with E-state index in [4.69, 9.17) is 0 Å². The fourth-order valence-electron chi connectivity index (χ4n) is 1.19. The van der Waals surface area contributed by atoms with E-state index in [1.807, 2.05) is 34.7 Å². The zero-order chi connectivity index (χ0) is 12.2. The molecule has 0 radical (unpaired) electrons. The van der Waals surface area contributed by atoms with Gasteiger partial charge in [0.05, 0.1) is 0 Å². The molecule has 0 aromatic rings. The molecule has 0 saturated heterocycles. The van der Waals surface area contributed by atoms with Gasteiger partial charge in [-0.3, -0.25) is 0 Å². The summed E-state index contributed by atoms with van der Waals surface area (Å²) in [4.78, 5) is 0. The van der Waals surface area contributed by atoms with Gasteiger partial charge in [0.25, 0.3) is 0 Å². The maximum atomic E-state index is 3.31. The molecule has 1 heteroatoms. The Morgan fingerprint density at radius 1 is 1.00 bits per heavy atom. The lowest BCUT2D eigenvalue weighted by atomic mass is 9.87. The molecule has 0 aliphatic carbocycles. The minimum Gasteiger partial charge on any atom is -0.317 e. The Labute approximate surface area is 92.7 Å². The second-order valence-electron chi connectivity index (χ2n) is 4.16. The minimum absolute atomic E-state index is 0.462. The molecule has 0 aliphatic heterocycles.